The molecule has 2 N–H and O–H groups in total. The molecule has 0 bridgehead atoms. The lowest BCUT2D eigenvalue weighted by Crippen LogP contribution is -2.62. The first-order valence-corrected chi connectivity index (χ1v) is 10.5. The molecule has 148 valence electrons. The van der Waals surface area contributed by atoms with Gasteiger partial charge in [0, 0.05) is 23.5 Å². The van der Waals surface area contributed by atoms with Crippen LogP contribution in [0.3, 0.4) is 0 Å². The van der Waals surface area contributed by atoms with Crippen LogP contribution in [0.4, 0.5) is 0 Å². The van der Waals surface area contributed by atoms with Crippen molar-refractivity contribution in [2.75, 3.05) is 0 Å². The van der Waals surface area contributed by atoms with E-state index in [1.54, 1.807) is 0 Å². The molecule has 1 rings (SSSR count). The Morgan fingerprint density at radius 2 is 1.36 bits per heavy atom. The van der Waals surface area contributed by atoms with Gasteiger partial charge in [-0.05, 0) is 47.0 Å². The maximum Gasteiger partial charge on any atom is 0.220 e. The number of nitrogens with one attached hydrogen (secondary N) is 1. The van der Waals surface area contributed by atoms with E-state index in [-0.39, 0.29) is 23.0 Å². The normalized spacial score (nSPS) is 20.6. The van der Waals surface area contributed by atoms with Gasteiger partial charge in [-0.2, -0.15) is 5.06 Å². The second kappa shape index (κ2) is 10.5. The van der Waals surface area contributed by atoms with Crippen molar-refractivity contribution in [3.8, 4) is 0 Å². The van der Waals surface area contributed by atoms with Gasteiger partial charge in [-0.3, -0.25) is 4.79 Å². The monoisotopic (exact) mass is 354 g/mol. The maximum absolute atomic E-state index is 12.2. The number of piperidine rings is 1. The molecule has 25 heavy (non-hydrogen) atoms. The van der Waals surface area contributed by atoms with E-state index in [0.29, 0.717) is 6.42 Å². The quantitative estimate of drug-likeness (QED) is 0.486. The van der Waals surface area contributed by atoms with Crippen LogP contribution in [0.2, 0.25) is 0 Å². The van der Waals surface area contributed by atoms with Gasteiger partial charge >= 0.3 is 0 Å². The average Bonchev–Trinajstić information content (AvgIpc) is 2.50. The Morgan fingerprint density at radius 3 is 1.84 bits per heavy atom. The van der Waals surface area contributed by atoms with Gasteiger partial charge in [-0.15, -0.1) is 0 Å². The van der Waals surface area contributed by atoms with E-state index in [1.165, 1.54) is 50.0 Å². The molecule has 0 radical (unpaired) electrons. The van der Waals surface area contributed by atoms with Gasteiger partial charge in [-0.1, -0.05) is 58.3 Å². The Balaban J connectivity index is 2.16. The third-order valence-corrected chi connectivity index (χ3v) is 5.51. The number of amides is 1. The Hall–Kier alpha value is -0.610. The minimum atomic E-state index is -0.308. The van der Waals surface area contributed by atoms with Crippen molar-refractivity contribution in [2.45, 2.75) is 129 Å². The zero-order chi connectivity index (χ0) is 18.9. The summed E-state index contributed by atoms with van der Waals surface area (Å²) in [6.07, 6.45) is 13.7. The molecule has 1 amide bonds. The number of hydroxylamine groups is 2. The van der Waals surface area contributed by atoms with Crippen LogP contribution in [-0.2, 0) is 4.79 Å². The fraction of sp³-hybridized carbons (Fsp3) is 0.952. The smallest absolute Gasteiger partial charge is 0.220 e. The Morgan fingerprint density at radius 1 is 0.920 bits per heavy atom. The summed E-state index contributed by atoms with van der Waals surface area (Å²) >= 11 is 0. The van der Waals surface area contributed by atoms with Gasteiger partial charge in [0.25, 0.3) is 0 Å². The molecule has 0 aromatic heterocycles. The average molecular weight is 355 g/mol. The van der Waals surface area contributed by atoms with Crippen molar-refractivity contribution in [3.63, 3.8) is 0 Å². The van der Waals surface area contributed by atoms with Crippen LogP contribution in [0.25, 0.3) is 0 Å². The van der Waals surface area contributed by atoms with Crippen LogP contribution in [0, 0.1) is 0 Å². The second-order valence-electron chi connectivity index (χ2n) is 9.19. The zero-order valence-electron chi connectivity index (χ0n) is 17.4. The van der Waals surface area contributed by atoms with E-state index < -0.39 is 0 Å². The van der Waals surface area contributed by atoms with Crippen LogP contribution in [0.5, 0.6) is 0 Å². The lowest BCUT2D eigenvalue weighted by atomic mass is 9.79. The molecular weight excluding hydrogens is 312 g/mol. The summed E-state index contributed by atoms with van der Waals surface area (Å²) in [5.41, 5.74) is -0.616. The molecular formula is C21H42N2O2. The number of hydrogen-bond donors (Lipinski definition) is 2. The predicted octanol–water partition coefficient (Wildman–Crippen LogP) is 5.43. The van der Waals surface area contributed by atoms with E-state index in [2.05, 4.69) is 12.2 Å². The standard InChI is InChI=1S/C21H42N2O2/c1-6-7-8-9-10-11-12-13-14-15-19(24)22-18-16-20(2,3)23(25)21(4,5)17-18/h18,25H,6-17H2,1-5H3,(H,22,24). The van der Waals surface area contributed by atoms with Crippen molar-refractivity contribution in [1.29, 1.82) is 0 Å². The molecule has 4 heteroatoms. The van der Waals surface area contributed by atoms with Crippen molar-refractivity contribution in [2.24, 2.45) is 0 Å². The highest BCUT2D eigenvalue weighted by Crippen LogP contribution is 2.36. The van der Waals surface area contributed by atoms with Crippen LogP contribution in [0.15, 0.2) is 0 Å². The van der Waals surface area contributed by atoms with Gasteiger partial charge in [0.15, 0.2) is 0 Å². The molecule has 0 atom stereocenters. The maximum atomic E-state index is 12.2. The van der Waals surface area contributed by atoms with Crippen LogP contribution < -0.4 is 5.32 Å². The highest BCUT2D eigenvalue weighted by atomic mass is 16.5. The van der Waals surface area contributed by atoms with E-state index in [4.69, 9.17) is 0 Å². The Bertz CT molecular complexity index is 375. The topological polar surface area (TPSA) is 52.6 Å². The van der Waals surface area contributed by atoms with Gasteiger partial charge in [0.1, 0.15) is 0 Å². The number of carbonyl (C=O) groups is 1. The highest BCUT2D eigenvalue weighted by molar-refractivity contribution is 5.76. The number of rotatable bonds is 11. The Kier molecular flexibility index (Phi) is 9.44. The van der Waals surface area contributed by atoms with Gasteiger partial charge in [0.05, 0.1) is 0 Å². The highest BCUT2D eigenvalue weighted by Gasteiger charge is 2.45. The fourth-order valence-corrected chi connectivity index (χ4v) is 4.27. The molecule has 1 aliphatic rings. The minimum Gasteiger partial charge on any atom is -0.353 e. The molecule has 0 aliphatic carbocycles. The molecule has 1 saturated heterocycles. The summed E-state index contributed by atoms with van der Waals surface area (Å²) in [6.45, 7) is 10.4. The summed E-state index contributed by atoms with van der Waals surface area (Å²) < 4.78 is 0. The molecule has 1 heterocycles. The lowest BCUT2D eigenvalue weighted by molar-refractivity contribution is -0.246. The minimum absolute atomic E-state index is 0.152. The third kappa shape index (κ3) is 8.08. The molecule has 0 aromatic rings. The molecule has 0 saturated carbocycles. The second-order valence-corrected chi connectivity index (χ2v) is 9.19. The number of nitrogens with zero attached hydrogens (tertiary/aromatic N) is 1. The SMILES string of the molecule is CCCCCCCCCCCC(=O)NC1CC(C)(C)N(O)C(C)(C)C1. The predicted molar refractivity (Wildman–Crippen MR) is 105 cm³/mol. The summed E-state index contributed by atoms with van der Waals surface area (Å²) in [4.78, 5) is 12.2. The van der Waals surface area contributed by atoms with Gasteiger partial charge < -0.3 is 10.5 Å². The number of hydrogen-bond acceptors (Lipinski definition) is 3. The molecule has 0 unspecified atom stereocenters. The third-order valence-electron chi connectivity index (χ3n) is 5.51. The summed E-state index contributed by atoms with van der Waals surface area (Å²) in [5, 5.41) is 15.0. The van der Waals surface area contributed by atoms with Crippen molar-refractivity contribution in [3.05, 3.63) is 0 Å². The molecule has 4 nitrogen and oxygen atoms in total. The summed E-state index contributed by atoms with van der Waals surface area (Å²) in [5.74, 6) is 0.172. The summed E-state index contributed by atoms with van der Waals surface area (Å²) in [6, 6.07) is 0.152. The zero-order valence-corrected chi connectivity index (χ0v) is 17.4. The van der Waals surface area contributed by atoms with E-state index in [0.717, 1.165) is 25.7 Å². The van der Waals surface area contributed by atoms with Crippen molar-refractivity contribution in [1.82, 2.24) is 10.4 Å². The molecule has 1 fully saturated rings. The van der Waals surface area contributed by atoms with E-state index >= 15 is 0 Å². The first-order valence-electron chi connectivity index (χ1n) is 10.5. The first-order chi connectivity index (χ1) is 11.7. The largest absolute Gasteiger partial charge is 0.353 e. The lowest BCUT2D eigenvalue weighted by Gasteiger charge is -2.51. The van der Waals surface area contributed by atoms with Crippen molar-refractivity contribution < 1.29 is 10.0 Å². The van der Waals surface area contributed by atoms with E-state index in [1.807, 2.05) is 27.7 Å². The first kappa shape index (κ1) is 22.4. The summed E-state index contributed by atoms with van der Waals surface area (Å²) in [7, 11) is 0. The molecule has 1 aliphatic heterocycles. The van der Waals surface area contributed by atoms with Crippen LogP contribution in [0.1, 0.15) is 112 Å². The number of carbonyl (C=O) groups excluding carboxylic acids is 1. The molecule has 0 spiro atoms. The number of unbranched alkanes of at least 4 members (excludes halogenated alkanes) is 8. The fourth-order valence-electron chi connectivity index (χ4n) is 4.27. The van der Waals surface area contributed by atoms with Gasteiger partial charge in [-0.25, -0.2) is 0 Å². The van der Waals surface area contributed by atoms with Crippen LogP contribution >= 0.6 is 0 Å². The van der Waals surface area contributed by atoms with E-state index in [9.17, 15) is 10.0 Å². The van der Waals surface area contributed by atoms with Crippen molar-refractivity contribution >= 4 is 5.91 Å². The van der Waals surface area contributed by atoms with Gasteiger partial charge in [0.2, 0.25) is 5.91 Å². The Labute approximate surface area is 155 Å². The van der Waals surface area contributed by atoms with Crippen LogP contribution in [-0.4, -0.2) is 33.3 Å². The molecule has 0 aromatic carbocycles.